The lowest BCUT2D eigenvalue weighted by Gasteiger charge is -2.16. The van der Waals surface area contributed by atoms with Crippen molar-refractivity contribution in [1.82, 2.24) is 10.4 Å². The Bertz CT molecular complexity index is 1390. The lowest BCUT2D eigenvalue weighted by atomic mass is 10.1. The number of thioether (sulfide) groups is 1. The van der Waals surface area contributed by atoms with Crippen LogP contribution >= 0.6 is 55.8 Å². The van der Waals surface area contributed by atoms with Crippen LogP contribution < -0.4 is 14.9 Å². The number of nitrogens with one attached hydrogen (secondary N) is 1. The number of amides is 2. The van der Waals surface area contributed by atoms with Crippen molar-refractivity contribution in [3.05, 3.63) is 96.8 Å². The molecule has 0 aliphatic carbocycles. The van der Waals surface area contributed by atoms with Crippen LogP contribution in [0.25, 0.3) is 6.08 Å². The Morgan fingerprint density at radius 3 is 2.54 bits per heavy atom. The number of halogens is 2. The van der Waals surface area contributed by atoms with Crippen LogP contribution in [0.2, 0.25) is 0 Å². The molecule has 0 spiro atoms. The Labute approximate surface area is 241 Å². The Balaban J connectivity index is 1.53. The van der Waals surface area contributed by atoms with Gasteiger partial charge in [-0.2, -0.15) is 5.01 Å². The van der Waals surface area contributed by atoms with Crippen LogP contribution in [-0.2, 0) is 11.4 Å². The minimum Gasteiger partial charge on any atom is -0.490 e. The van der Waals surface area contributed by atoms with Gasteiger partial charge < -0.3 is 9.47 Å². The van der Waals surface area contributed by atoms with E-state index < -0.39 is 11.8 Å². The van der Waals surface area contributed by atoms with Crippen LogP contribution in [0.3, 0.4) is 0 Å². The van der Waals surface area contributed by atoms with Crippen molar-refractivity contribution >= 4 is 78.1 Å². The highest BCUT2D eigenvalue weighted by molar-refractivity contribution is 9.10. The maximum Gasteiger partial charge on any atom is 0.285 e. The topological polar surface area (TPSA) is 67.9 Å². The molecule has 0 saturated carbocycles. The molecule has 190 valence electrons. The van der Waals surface area contributed by atoms with Gasteiger partial charge >= 0.3 is 0 Å². The summed E-state index contributed by atoms with van der Waals surface area (Å²) in [5.74, 6) is 0.314. The number of thiocarbonyl (C=S) groups is 1. The molecular formula is C27H22Br2N2O4S2. The Hall–Kier alpha value is -2.66. The summed E-state index contributed by atoms with van der Waals surface area (Å²) in [5, 5.41) is 1.11. The van der Waals surface area contributed by atoms with E-state index in [1.807, 2.05) is 62.4 Å². The van der Waals surface area contributed by atoms with Crippen LogP contribution in [0.1, 0.15) is 34.0 Å². The second kappa shape index (κ2) is 12.3. The third-order valence-corrected chi connectivity index (χ3v) is 7.74. The number of carbonyl (C=O) groups excluding carboxylic acids is 2. The van der Waals surface area contributed by atoms with Crippen LogP contribution in [0, 0.1) is 6.92 Å². The van der Waals surface area contributed by atoms with E-state index in [9.17, 15) is 9.59 Å². The van der Waals surface area contributed by atoms with Gasteiger partial charge in [-0.1, -0.05) is 58.0 Å². The minimum atomic E-state index is -0.401. The van der Waals surface area contributed by atoms with Gasteiger partial charge in [0, 0.05) is 10.0 Å². The molecule has 3 aromatic carbocycles. The van der Waals surface area contributed by atoms with Crippen molar-refractivity contribution < 1.29 is 19.1 Å². The number of hydrogen-bond donors (Lipinski definition) is 1. The van der Waals surface area contributed by atoms with Crippen molar-refractivity contribution in [2.75, 3.05) is 6.61 Å². The first-order chi connectivity index (χ1) is 17.8. The van der Waals surface area contributed by atoms with E-state index in [0.717, 1.165) is 37.9 Å². The Morgan fingerprint density at radius 2 is 1.84 bits per heavy atom. The number of nitrogens with zero attached hydrogens (tertiary/aromatic N) is 1. The summed E-state index contributed by atoms with van der Waals surface area (Å²) in [6.45, 7) is 4.53. The van der Waals surface area contributed by atoms with Crippen molar-refractivity contribution in [1.29, 1.82) is 0 Å². The molecule has 2 amide bonds. The summed E-state index contributed by atoms with van der Waals surface area (Å²) in [7, 11) is 0. The van der Waals surface area contributed by atoms with Gasteiger partial charge in [0.05, 0.1) is 16.0 Å². The van der Waals surface area contributed by atoms with E-state index in [4.69, 9.17) is 21.7 Å². The summed E-state index contributed by atoms with van der Waals surface area (Å²) >= 11 is 13.5. The SMILES string of the molecule is CCOc1cc(/C=C2/SC(=S)N(NC(=O)c3ccccc3C)C2=O)cc(Br)c1OCc1ccc(Br)cc1. The van der Waals surface area contributed by atoms with E-state index in [1.165, 1.54) is 0 Å². The van der Waals surface area contributed by atoms with Crippen LogP contribution in [0.5, 0.6) is 11.5 Å². The van der Waals surface area contributed by atoms with Crippen LogP contribution in [-0.4, -0.2) is 27.8 Å². The quantitative estimate of drug-likeness (QED) is 0.206. The number of aryl methyl sites for hydroxylation is 1. The highest BCUT2D eigenvalue weighted by atomic mass is 79.9. The highest BCUT2D eigenvalue weighted by Crippen LogP contribution is 2.39. The number of hydrazine groups is 1. The zero-order chi connectivity index (χ0) is 26.5. The second-order valence-corrected chi connectivity index (χ2v) is 11.4. The third-order valence-electron chi connectivity index (χ3n) is 5.32. The van der Waals surface area contributed by atoms with Crippen molar-refractivity contribution in [3.63, 3.8) is 0 Å². The zero-order valence-corrected chi connectivity index (χ0v) is 24.7. The van der Waals surface area contributed by atoms with E-state index in [-0.39, 0.29) is 4.32 Å². The third kappa shape index (κ3) is 6.62. The molecule has 0 radical (unpaired) electrons. The predicted molar refractivity (Wildman–Crippen MR) is 157 cm³/mol. The molecular weight excluding hydrogens is 640 g/mol. The van der Waals surface area contributed by atoms with Gasteiger partial charge in [-0.25, -0.2) is 0 Å². The summed E-state index contributed by atoms with van der Waals surface area (Å²) in [6, 6.07) is 18.7. The monoisotopic (exact) mass is 660 g/mol. The molecule has 4 rings (SSSR count). The van der Waals surface area contributed by atoms with Gasteiger partial charge in [0.2, 0.25) is 0 Å². The fourth-order valence-corrected chi connectivity index (χ4v) is 5.53. The molecule has 1 aliphatic rings. The molecule has 3 aromatic rings. The molecule has 6 nitrogen and oxygen atoms in total. The number of carbonyl (C=O) groups is 2. The van der Waals surface area contributed by atoms with Gasteiger partial charge in [-0.3, -0.25) is 15.0 Å². The number of ether oxygens (including phenoxy) is 2. The lowest BCUT2D eigenvalue weighted by Crippen LogP contribution is -2.45. The maximum atomic E-state index is 13.1. The number of rotatable bonds is 8. The molecule has 0 bridgehead atoms. The summed E-state index contributed by atoms with van der Waals surface area (Å²) in [5.41, 5.74) is 5.63. The van der Waals surface area contributed by atoms with Gasteiger partial charge in [0.1, 0.15) is 6.61 Å². The minimum absolute atomic E-state index is 0.247. The molecule has 1 N–H and O–H groups in total. The predicted octanol–water partition coefficient (Wildman–Crippen LogP) is 7.04. The highest BCUT2D eigenvalue weighted by Gasteiger charge is 2.34. The van der Waals surface area contributed by atoms with Gasteiger partial charge in [-0.05, 0) is 95.1 Å². The zero-order valence-electron chi connectivity index (χ0n) is 19.9. The van der Waals surface area contributed by atoms with Crippen LogP contribution in [0.4, 0.5) is 0 Å². The standard InChI is InChI=1S/C27H22Br2N2O4S2/c1-3-34-22-13-18(12-21(29)24(22)35-15-17-8-10-19(28)11-9-17)14-23-26(33)31(27(36)37-23)30-25(32)20-7-5-4-6-16(20)2/h4-14H,3,15H2,1-2H3,(H,30,32)/b23-14+. The first-order valence-electron chi connectivity index (χ1n) is 11.2. The Morgan fingerprint density at radius 1 is 1.11 bits per heavy atom. The summed E-state index contributed by atoms with van der Waals surface area (Å²) in [6.07, 6.45) is 1.71. The summed E-state index contributed by atoms with van der Waals surface area (Å²) in [4.78, 5) is 26.2. The largest absolute Gasteiger partial charge is 0.490 e. The molecule has 0 aromatic heterocycles. The Kier molecular flexibility index (Phi) is 9.07. The van der Waals surface area contributed by atoms with Gasteiger partial charge in [0.25, 0.3) is 11.8 Å². The first-order valence-corrected chi connectivity index (χ1v) is 14.1. The van der Waals surface area contributed by atoms with Gasteiger partial charge in [-0.15, -0.1) is 0 Å². The van der Waals surface area contributed by atoms with Crippen molar-refractivity contribution in [3.8, 4) is 11.5 Å². The van der Waals surface area contributed by atoms with E-state index in [0.29, 0.717) is 39.7 Å². The van der Waals surface area contributed by atoms with Crippen molar-refractivity contribution in [2.24, 2.45) is 0 Å². The summed E-state index contributed by atoms with van der Waals surface area (Å²) < 4.78 is 13.8. The second-order valence-electron chi connectivity index (χ2n) is 7.95. The molecule has 0 atom stereocenters. The smallest absolute Gasteiger partial charge is 0.285 e. The molecule has 1 heterocycles. The fraction of sp³-hybridized carbons (Fsp3) is 0.148. The maximum absolute atomic E-state index is 13.1. The molecule has 0 unspecified atom stereocenters. The van der Waals surface area contributed by atoms with Crippen LogP contribution in [0.15, 0.2) is 74.5 Å². The fourth-order valence-electron chi connectivity index (χ4n) is 3.52. The first kappa shape index (κ1) is 27.4. The molecule has 1 saturated heterocycles. The average molecular weight is 662 g/mol. The van der Waals surface area contributed by atoms with E-state index >= 15 is 0 Å². The normalized spacial score (nSPS) is 14.3. The van der Waals surface area contributed by atoms with E-state index in [1.54, 1.807) is 18.2 Å². The molecule has 1 aliphatic heterocycles. The lowest BCUT2D eigenvalue weighted by molar-refractivity contribution is -0.123. The number of hydrogen-bond acceptors (Lipinski definition) is 6. The molecule has 1 fully saturated rings. The molecule has 37 heavy (non-hydrogen) atoms. The average Bonchev–Trinajstić information content (AvgIpc) is 3.12. The molecule has 10 heteroatoms. The number of benzene rings is 3. The van der Waals surface area contributed by atoms with Crippen molar-refractivity contribution in [2.45, 2.75) is 20.5 Å². The van der Waals surface area contributed by atoms with E-state index in [2.05, 4.69) is 37.3 Å². The van der Waals surface area contributed by atoms with Gasteiger partial charge in [0.15, 0.2) is 15.8 Å².